The zero-order valence-corrected chi connectivity index (χ0v) is 14.0. The van der Waals surface area contributed by atoms with Gasteiger partial charge in [-0.1, -0.05) is 32.6 Å². The molecule has 120 valence electrons. The van der Waals surface area contributed by atoms with Crippen LogP contribution in [-0.4, -0.2) is 35.4 Å². The first-order valence-electron chi connectivity index (χ1n) is 8.10. The highest BCUT2D eigenvalue weighted by atomic mass is 15.2. The summed E-state index contributed by atoms with van der Waals surface area (Å²) < 4.78 is 1.83. The smallest absolute Gasteiger partial charge is 0.191 e. The fraction of sp³-hybridized carbons (Fsp3) is 0.750. The molecule has 2 N–H and O–H groups in total. The van der Waals surface area contributed by atoms with E-state index in [1.165, 1.54) is 37.7 Å². The molecular formula is C16H31N5. The first-order chi connectivity index (χ1) is 10.2. The molecule has 0 aliphatic carbocycles. The van der Waals surface area contributed by atoms with E-state index in [0.717, 1.165) is 18.9 Å². The molecule has 0 aliphatic rings. The van der Waals surface area contributed by atoms with Crippen molar-refractivity contribution >= 4 is 5.96 Å². The molecule has 5 heteroatoms. The van der Waals surface area contributed by atoms with Gasteiger partial charge in [0, 0.05) is 32.9 Å². The molecule has 1 aromatic heterocycles. The Morgan fingerprint density at radius 2 is 2.19 bits per heavy atom. The monoisotopic (exact) mass is 293 g/mol. The Morgan fingerprint density at radius 3 is 2.81 bits per heavy atom. The van der Waals surface area contributed by atoms with E-state index < -0.39 is 0 Å². The van der Waals surface area contributed by atoms with Gasteiger partial charge >= 0.3 is 0 Å². The molecule has 0 amide bonds. The minimum atomic E-state index is 0.464. The molecule has 21 heavy (non-hydrogen) atoms. The van der Waals surface area contributed by atoms with Gasteiger partial charge in [-0.25, -0.2) is 0 Å². The summed E-state index contributed by atoms with van der Waals surface area (Å²) in [5.41, 5.74) is 1.24. The predicted octanol–water partition coefficient (Wildman–Crippen LogP) is 2.49. The summed E-state index contributed by atoms with van der Waals surface area (Å²) in [6, 6.07) is 0.464. The number of nitrogens with one attached hydrogen (secondary N) is 2. The zero-order chi connectivity index (χ0) is 15.5. The molecule has 0 fully saturated rings. The van der Waals surface area contributed by atoms with Gasteiger partial charge in [0.25, 0.3) is 0 Å². The molecular weight excluding hydrogens is 262 g/mol. The van der Waals surface area contributed by atoms with E-state index in [1.54, 1.807) is 0 Å². The van der Waals surface area contributed by atoms with Crippen molar-refractivity contribution in [1.82, 2.24) is 20.4 Å². The third kappa shape index (κ3) is 7.73. The fourth-order valence-corrected chi connectivity index (χ4v) is 2.30. The van der Waals surface area contributed by atoms with Crippen molar-refractivity contribution < 1.29 is 0 Å². The number of aryl methyl sites for hydroxylation is 1. The molecule has 0 bridgehead atoms. The first-order valence-corrected chi connectivity index (χ1v) is 8.10. The Bertz CT molecular complexity index is 411. The van der Waals surface area contributed by atoms with Crippen LogP contribution < -0.4 is 10.6 Å². The van der Waals surface area contributed by atoms with E-state index >= 15 is 0 Å². The first kappa shape index (κ1) is 17.5. The molecule has 0 aromatic carbocycles. The number of nitrogens with zero attached hydrogens (tertiary/aromatic N) is 3. The second kappa shape index (κ2) is 10.2. The van der Waals surface area contributed by atoms with Crippen molar-refractivity contribution in [3.8, 4) is 0 Å². The lowest BCUT2D eigenvalue weighted by Crippen LogP contribution is -2.42. The van der Waals surface area contributed by atoms with E-state index in [0.29, 0.717) is 6.04 Å². The molecule has 1 atom stereocenters. The summed E-state index contributed by atoms with van der Waals surface area (Å²) in [7, 11) is 3.76. The van der Waals surface area contributed by atoms with Gasteiger partial charge in [0.05, 0.1) is 6.20 Å². The molecule has 0 spiro atoms. The number of aromatic nitrogens is 2. The maximum atomic E-state index is 4.28. The topological polar surface area (TPSA) is 54.2 Å². The standard InChI is InChI=1S/C16H31N5/c1-5-6-7-8-9-14(2)20-16(17-3)18-11-10-15-12-19-21(4)13-15/h12-14H,5-11H2,1-4H3,(H2,17,18,20). The molecule has 1 unspecified atom stereocenters. The van der Waals surface area contributed by atoms with Crippen LogP contribution in [0.3, 0.4) is 0 Å². The Labute approximate surface area is 129 Å². The molecule has 0 saturated heterocycles. The Hall–Kier alpha value is -1.52. The number of hydrogen-bond acceptors (Lipinski definition) is 2. The maximum Gasteiger partial charge on any atom is 0.191 e. The highest BCUT2D eigenvalue weighted by Crippen LogP contribution is 2.05. The lowest BCUT2D eigenvalue weighted by Gasteiger charge is -2.17. The van der Waals surface area contributed by atoms with Crippen molar-refractivity contribution in [1.29, 1.82) is 0 Å². The van der Waals surface area contributed by atoms with E-state index in [1.807, 2.05) is 31.2 Å². The second-order valence-electron chi connectivity index (χ2n) is 5.67. The van der Waals surface area contributed by atoms with Gasteiger partial charge in [-0.3, -0.25) is 9.67 Å². The van der Waals surface area contributed by atoms with Crippen LogP contribution in [0.25, 0.3) is 0 Å². The van der Waals surface area contributed by atoms with Gasteiger partial charge in [-0.15, -0.1) is 0 Å². The van der Waals surface area contributed by atoms with Crippen molar-refractivity contribution in [2.45, 2.75) is 58.4 Å². The lowest BCUT2D eigenvalue weighted by molar-refractivity contribution is 0.537. The molecule has 1 aromatic rings. The van der Waals surface area contributed by atoms with Crippen molar-refractivity contribution in [3.05, 3.63) is 18.0 Å². The minimum absolute atomic E-state index is 0.464. The highest BCUT2D eigenvalue weighted by Gasteiger charge is 2.05. The summed E-state index contributed by atoms with van der Waals surface area (Å²) in [5, 5.41) is 11.0. The van der Waals surface area contributed by atoms with Crippen molar-refractivity contribution in [3.63, 3.8) is 0 Å². The molecule has 0 aliphatic heterocycles. The maximum absolute atomic E-state index is 4.28. The van der Waals surface area contributed by atoms with Crippen LogP contribution in [0, 0.1) is 0 Å². The summed E-state index contributed by atoms with van der Waals surface area (Å²) in [5.74, 6) is 0.891. The second-order valence-corrected chi connectivity index (χ2v) is 5.67. The number of guanidine groups is 1. The van der Waals surface area contributed by atoms with Gasteiger partial charge < -0.3 is 10.6 Å². The van der Waals surface area contributed by atoms with E-state index in [-0.39, 0.29) is 0 Å². The molecule has 0 radical (unpaired) electrons. The van der Waals surface area contributed by atoms with Crippen LogP contribution in [-0.2, 0) is 13.5 Å². The van der Waals surface area contributed by atoms with E-state index in [4.69, 9.17) is 0 Å². The van der Waals surface area contributed by atoms with Crippen LogP contribution in [0.5, 0.6) is 0 Å². The van der Waals surface area contributed by atoms with Crippen LogP contribution >= 0.6 is 0 Å². The van der Waals surface area contributed by atoms with Crippen molar-refractivity contribution in [2.24, 2.45) is 12.0 Å². The summed E-state index contributed by atoms with van der Waals surface area (Å²) in [4.78, 5) is 4.28. The molecule has 0 saturated carbocycles. The third-order valence-corrected chi connectivity index (χ3v) is 3.56. The summed E-state index contributed by atoms with van der Waals surface area (Å²) in [6.45, 7) is 5.34. The predicted molar refractivity (Wildman–Crippen MR) is 89.6 cm³/mol. The summed E-state index contributed by atoms with van der Waals surface area (Å²) in [6.07, 6.45) is 11.4. The Kier molecular flexibility index (Phi) is 8.55. The molecule has 5 nitrogen and oxygen atoms in total. The van der Waals surface area contributed by atoms with Crippen molar-refractivity contribution in [2.75, 3.05) is 13.6 Å². The van der Waals surface area contributed by atoms with E-state index in [2.05, 4.69) is 34.6 Å². The molecule has 1 rings (SSSR count). The summed E-state index contributed by atoms with van der Waals surface area (Å²) >= 11 is 0. The van der Waals surface area contributed by atoms with Gasteiger partial charge in [-0.05, 0) is 25.3 Å². The van der Waals surface area contributed by atoms with Crippen LogP contribution in [0.15, 0.2) is 17.4 Å². The zero-order valence-electron chi connectivity index (χ0n) is 14.0. The largest absolute Gasteiger partial charge is 0.356 e. The third-order valence-electron chi connectivity index (χ3n) is 3.56. The van der Waals surface area contributed by atoms with Gasteiger partial charge in [0.15, 0.2) is 5.96 Å². The average Bonchev–Trinajstić information content (AvgIpc) is 2.88. The number of aliphatic imine (C=N–C) groups is 1. The molecule has 1 heterocycles. The van der Waals surface area contributed by atoms with Crippen LogP contribution in [0.1, 0.15) is 51.5 Å². The van der Waals surface area contributed by atoms with E-state index in [9.17, 15) is 0 Å². The number of hydrogen-bond donors (Lipinski definition) is 2. The number of rotatable bonds is 9. The minimum Gasteiger partial charge on any atom is -0.356 e. The van der Waals surface area contributed by atoms with Gasteiger partial charge in [0.2, 0.25) is 0 Å². The average molecular weight is 293 g/mol. The number of unbranched alkanes of at least 4 members (excludes halogenated alkanes) is 3. The van der Waals surface area contributed by atoms with Crippen LogP contribution in [0.4, 0.5) is 0 Å². The van der Waals surface area contributed by atoms with Gasteiger partial charge in [0.1, 0.15) is 0 Å². The quantitative estimate of drug-likeness (QED) is 0.418. The Morgan fingerprint density at radius 1 is 1.38 bits per heavy atom. The fourth-order valence-electron chi connectivity index (χ4n) is 2.30. The highest BCUT2D eigenvalue weighted by molar-refractivity contribution is 5.79. The normalized spacial score (nSPS) is 13.2. The van der Waals surface area contributed by atoms with Gasteiger partial charge in [-0.2, -0.15) is 5.10 Å². The SMILES string of the molecule is CCCCCCC(C)NC(=NC)NCCc1cnn(C)c1. The lowest BCUT2D eigenvalue weighted by atomic mass is 10.1. The van der Waals surface area contributed by atoms with Crippen LogP contribution in [0.2, 0.25) is 0 Å². The Balaban J connectivity index is 2.19.